The molecule has 0 bridgehead atoms. The van der Waals surface area contributed by atoms with Gasteiger partial charge in [-0.15, -0.1) is 4.52 Å². The van der Waals surface area contributed by atoms with Crippen molar-refractivity contribution in [2.24, 2.45) is 9.03 Å². The normalized spacial score (nSPS) is 28.2. The molecular formula is C20H26Cl2N5O2P3. The van der Waals surface area contributed by atoms with Gasteiger partial charge in [-0.2, -0.15) is 8.84 Å². The molecule has 0 radical (unpaired) electrons. The zero-order valence-electron chi connectivity index (χ0n) is 18.0. The standard InChI is InChI=1S/C20H26Cl2N5O2P3/c1-3-13-26-15-17-9-5-7-11-19(17)28-31(26)23-30(21,22)24-32(25-31)27(14-4-2)16-18-10-6-8-12-20(18)29-32/h5-12H,3-4,13-16H2,1-2H3/t31-,32-/m0/s1. The fourth-order valence-corrected chi connectivity index (χ4v) is 17.3. The van der Waals surface area contributed by atoms with Crippen molar-refractivity contribution in [2.75, 3.05) is 13.1 Å². The van der Waals surface area contributed by atoms with Crippen LogP contribution in [0, 0.1) is 0 Å². The molecule has 32 heavy (non-hydrogen) atoms. The lowest BCUT2D eigenvalue weighted by Gasteiger charge is -2.51. The fraction of sp³-hybridized carbons (Fsp3) is 0.400. The van der Waals surface area contributed by atoms with E-state index in [1.807, 2.05) is 36.4 Å². The maximum atomic E-state index is 6.83. The first kappa shape index (κ1) is 23.0. The van der Waals surface area contributed by atoms with Crippen LogP contribution in [0.4, 0.5) is 0 Å². The number of hydrogen-bond donors (Lipinski definition) is 0. The van der Waals surface area contributed by atoms with Gasteiger partial charge >= 0.3 is 7.58 Å². The summed E-state index contributed by atoms with van der Waals surface area (Å²) in [6.07, 6.45) is 1.86. The number of halogens is 2. The highest BCUT2D eigenvalue weighted by Gasteiger charge is 2.46. The van der Waals surface area contributed by atoms with Gasteiger partial charge in [-0.1, -0.05) is 66.7 Å². The van der Waals surface area contributed by atoms with E-state index in [1.54, 1.807) is 0 Å². The predicted octanol–water partition coefficient (Wildman–Crippen LogP) is 9.01. The number of fused-ring (bicyclic) bond motifs is 2. The van der Waals surface area contributed by atoms with Crippen molar-refractivity contribution < 1.29 is 13.4 Å². The Morgan fingerprint density at radius 3 is 2.38 bits per heavy atom. The van der Waals surface area contributed by atoms with Gasteiger partial charge < -0.3 is 13.9 Å². The van der Waals surface area contributed by atoms with Gasteiger partial charge in [-0.25, -0.2) is 4.67 Å². The van der Waals surface area contributed by atoms with Gasteiger partial charge in [-0.3, -0.25) is 0 Å². The summed E-state index contributed by atoms with van der Waals surface area (Å²) in [5.74, 6) is -1.51. The average Bonchev–Trinajstić information content (AvgIpc) is 2.74. The van der Waals surface area contributed by atoms with Crippen LogP contribution < -0.4 is 9.05 Å². The third kappa shape index (κ3) is 4.12. The summed E-state index contributed by atoms with van der Waals surface area (Å²) in [6, 6.07) is 16.0. The quantitative estimate of drug-likeness (QED) is 0.369. The summed E-state index contributed by atoms with van der Waals surface area (Å²) >= 11 is 13.7. The average molecular weight is 532 g/mol. The molecule has 0 unspecified atom stereocenters. The molecule has 0 fully saturated rings. The molecule has 3 aliphatic heterocycles. The lowest BCUT2D eigenvalue weighted by atomic mass is 10.2. The molecule has 0 aromatic heterocycles. The molecule has 2 spiro atoms. The Balaban J connectivity index is 1.76. The largest absolute Gasteiger partial charge is 0.521 e. The molecule has 0 N–H and O–H groups in total. The van der Waals surface area contributed by atoms with E-state index in [-0.39, 0.29) is 0 Å². The Morgan fingerprint density at radius 2 is 1.66 bits per heavy atom. The van der Waals surface area contributed by atoms with Gasteiger partial charge in [0.15, 0.2) is 6.54 Å². The molecule has 0 saturated heterocycles. The van der Waals surface area contributed by atoms with Crippen LogP contribution in [0.25, 0.3) is 4.86 Å². The maximum absolute atomic E-state index is 6.83. The van der Waals surface area contributed by atoms with Crippen LogP contribution in [0.5, 0.6) is 11.5 Å². The lowest BCUT2D eigenvalue weighted by Crippen LogP contribution is -2.28. The van der Waals surface area contributed by atoms with E-state index in [0.717, 1.165) is 48.6 Å². The topological polar surface area (TPSA) is 63.5 Å². The SMILES string of the molecule is CCCN1Cc2ccccc2O[P@@]12=N[P@]1(=[N+](CCC)Cc3ccccc3O1)N=P(Cl)(Cl)[N-]2. The second-order valence-corrected chi connectivity index (χ2v) is 17.9. The van der Waals surface area contributed by atoms with E-state index in [9.17, 15) is 0 Å². The Morgan fingerprint density at radius 1 is 0.969 bits per heavy atom. The summed E-state index contributed by atoms with van der Waals surface area (Å²) in [5.41, 5.74) is 2.22. The highest BCUT2D eigenvalue weighted by molar-refractivity contribution is 8.18. The van der Waals surface area contributed by atoms with Crippen LogP contribution in [0.1, 0.15) is 37.8 Å². The highest BCUT2D eigenvalue weighted by atomic mass is 35.9. The third-order valence-electron chi connectivity index (χ3n) is 5.47. The lowest BCUT2D eigenvalue weighted by molar-refractivity contribution is -0.531. The minimum Gasteiger partial charge on any atom is -0.507 e. The van der Waals surface area contributed by atoms with Crippen molar-refractivity contribution in [3.8, 4) is 11.5 Å². The van der Waals surface area contributed by atoms with Gasteiger partial charge in [0.05, 0.1) is 11.5 Å². The van der Waals surface area contributed by atoms with Crippen LogP contribution in [0.3, 0.4) is 0 Å². The Hall–Kier alpha value is -0.770. The van der Waals surface area contributed by atoms with Crippen LogP contribution >= 0.6 is 43.6 Å². The van der Waals surface area contributed by atoms with Crippen molar-refractivity contribution in [2.45, 2.75) is 39.8 Å². The molecule has 2 aromatic carbocycles. The van der Waals surface area contributed by atoms with E-state index in [2.05, 4.69) is 35.0 Å². The number of nitrogens with zero attached hydrogens (tertiary/aromatic N) is 5. The zero-order valence-corrected chi connectivity index (χ0v) is 22.2. The predicted molar refractivity (Wildman–Crippen MR) is 135 cm³/mol. The first-order valence-electron chi connectivity index (χ1n) is 10.8. The van der Waals surface area contributed by atoms with Crippen molar-refractivity contribution in [3.63, 3.8) is 0 Å². The van der Waals surface area contributed by atoms with E-state index in [1.165, 1.54) is 0 Å². The minimum absolute atomic E-state index is 0.683. The smallest absolute Gasteiger partial charge is 0.507 e. The Bertz CT molecular complexity index is 1230. The maximum Gasteiger partial charge on any atom is 0.521 e. The van der Waals surface area contributed by atoms with E-state index in [4.69, 9.17) is 45.4 Å². The molecular weight excluding hydrogens is 506 g/mol. The van der Waals surface area contributed by atoms with Crippen LogP contribution in [-0.4, -0.2) is 22.1 Å². The molecule has 2 atom stereocenters. The van der Waals surface area contributed by atoms with Crippen LogP contribution in [-0.2, 0) is 13.1 Å². The molecule has 2 aromatic rings. The molecule has 3 aliphatic rings. The second-order valence-electron chi connectivity index (χ2n) is 7.92. The molecule has 12 heteroatoms. The van der Waals surface area contributed by atoms with Gasteiger partial charge in [0.1, 0.15) is 25.6 Å². The van der Waals surface area contributed by atoms with Crippen molar-refractivity contribution in [3.05, 3.63) is 64.5 Å². The molecule has 7 nitrogen and oxygen atoms in total. The third-order valence-corrected chi connectivity index (χ3v) is 16.4. The summed E-state index contributed by atoms with van der Waals surface area (Å²) in [7, 11) is -5.83. The van der Waals surface area contributed by atoms with E-state index in [0.29, 0.717) is 13.1 Å². The summed E-state index contributed by atoms with van der Waals surface area (Å²) in [6.45, 7) is 7.18. The number of rotatable bonds is 4. The minimum atomic E-state index is -3.08. The first-order valence-corrected chi connectivity index (χ1v) is 17.4. The van der Waals surface area contributed by atoms with Crippen molar-refractivity contribution in [1.82, 2.24) is 4.67 Å². The van der Waals surface area contributed by atoms with Crippen molar-refractivity contribution >= 4 is 43.6 Å². The highest BCUT2D eigenvalue weighted by Crippen LogP contribution is 2.89. The van der Waals surface area contributed by atoms with Gasteiger partial charge in [-0.05, 0) is 24.6 Å². The Labute approximate surface area is 199 Å². The molecule has 172 valence electrons. The van der Waals surface area contributed by atoms with Gasteiger partial charge in [0, 0.05) is 25.1 Å². The molecule has 0 aliphatic carbocycles. The van der Waals surface area contributed by atoms with Gasteiger partial charge in [0.2, 0.25) is 0 Å². The molecule has 0 amide bonds. The van der Waals surface area contributed by atoms with Crippen LogP contribution in [0.2, 0.25) is 0 Å². The van der Waals surface area contributed by atoms with E-state index < -0.39 is 21.1 Å². The number of para-hydroxylation sites is 2. The Kier molecular flexibility index (Phi) is 6.31. The fourth-order valence-electron chi connectivity index (χ4n) is 4.12. The second kappa shape index (κ2) is 8.78. The monoisotopic (exact) mass is 531 g/mol. The first-order chi connectivity index (χ1) is 15.4. The molecule has 3 heterocycles. The van der Waals surface area contributed by atoms with E-state index >= 15 is 0 Å². The van der Waals surface area contributed by atoms with Crippen molar-refractivity contribution in [1.29, 1.82) is 0 Å². The van der Waals surface area contributed by atoms with Gasteiger partial charge in [0.25, 0.3) is 0 Å². The zero-order chi connectivity index (χ0) is 22.4. The summed E-state index contributed by atoms with van der Waals surface area (Å²) < 4.78 is 27.8. The molecule has 5 rings (SSSR count). The number of hydrogen-bond acceptors (Lipinski definition) is 5. The number of benzene rings is 2. The molecule has 0 saturated carbocycles. The summed E-state index contributed by atoms with van der Waals surface area (Å²) in [4.78, 5) is 4.85. The summed E-state index contributed by atoms with van der Waals surface area (Å²) in [5, 5.41) is 0. The van der Waals surface area contributed by atoms with Crippen LogP contribution in [0.15, 0.2) is 57.6 Å².